The molecule has 3 nitrogen and oxygen atoms in total. The van der Waals surface area contributed by atoms with Gasteiger partial charge >= 0.3 is 0 Å². The van der Waals surface area contributed by atoms with Gasteiger partial charge in [-0.15, -0.1) is 0 Å². The molecule has 6 aromatic carbocycles. The summed E-state index contributed by atoms with van der Waals surface area (Å²) in [6.45, 7) is 0. The van der Waals surface area contributed by atoms with E-state index < -0.39 is 5.41 Å². The maximum absolute atomic E-state index is 8.96. The van der Waals surface area contributed by atoms with Crippen LogP contribution in [0.4, 0.5) is 17.1 Å². The van der Waals surface area contributed by atoms with Crippen LogP contribution in [0, 0.1) is 10.8 Å². The zero-order valence-electron chi connectivity index (χ0n) is 23.3. The lowest BCUT2D eigenvalue weighted by Gasteiger charge is -2.45. The second-order valence-electron chi connectivity index (χ2n) is 10.9. The maximum Gasteiger partial charge on any atom is 0.101 e. The predicted octanol–water partition coefficient (Wildman–Crippen LogP) is 9.92. The number of rotatable bonds is 3. The number of hydrogen-bond acceptors (Lipinski definition) is 4. The molecular weight excluding hydrogens is 543 g/mol. The topological polar surface area (TPSA) is 50.9 Å². The molecule has 0 fully saturated rings. The van der Waals surface area contributed by atoms with E-state index in [4.69, 9.17) is 10.8 Å². The van der Waals surface area contributed by atoms with Gasteiger partial charge in [0, 0.05) is 16.8 Å². The largest absolute Gasteiger partial charge is 0.310 e. The average molecular weight is 570 g/mol. The minimum Gasteiger partial charge on any atom is -0.310 e. The van der Waals surface area contributed by atoms with Gasteiger partial charge in [-0.25, -0.2) is 0 Å². The summed E-state index contributed by atoms with van der Waals surface area (Å²) in [7, 11) is 0. The zero-order valence-corrected chi connectivity index (χ0v) is 24.1. The van der Waals surface area contributed by atoms with E-state index in [1.807, 2.05) is 30.3 Å². The molecule has 2 aliphatic rings. The number of benzene rings is 6. The van der Waals surface area contributed by atoms with Crippen LogP contribution in [0.2, 0.25) is 0 Å². The van der Waals surface area contributed by atoms with Crippen LogP contribution in [0.25, 0.3) is 11.1 Å². The van der Waals surface area contributed by atoms with Gasteiger partial charge in [0.2, 0.25) is 0 Å². The molecule has 2 N–H and O–H groups in total. The molecule has 6 aromatic rings. The maximum atomic E-state index is 8.96. The average Bonchev–Trinajstić information content (AvgIpc) is 3.36. The zero-order chi connectivity index (χ0) is 29.0. The molecule has 0 unspecified atom stereocenters. The summed E-state index contributed by atoms with van der Waals surface area (Å²) in [5.74, 6) is 0. The molecule has 43 heavy (non-hydrogen) atoms. The summed E-state index contributed by atoms with van der Waals surface area (Å²) in [6.07, 6.45) is 0. The molecule has 0 amide bonds. The number of hydrogen-bond donors (Lipinski definition) is 2. The number of para-hydroxylation sites is 3. The van der Waals surface area contributed by atoms with Gasteiger partial charge < -0.3 is 4.90 Å². The summed E-state index contributed by atoms with van der Waals surface area (Å²) < 4.78 is 0. The second kappa shape index (κ2) is 9.97. The standard InChI is InChI=1S/C39H27N3S/c40-37(26-13-3-1-4-14-26)43-38(41)27-23-24-32-30(25-27)29-17-7-8-18-31(29)39(32)33-19-9-11-21-35(33)42(28-15-5-2-6-16-28)36-22-12-10-20-34(36)39/h1-25,40-41H. The van der Waals surface area contributed by atoms with E-state index in [9.17, 15) is 0 Å². The molecule has 0 radical (unpaired) electrons. The van der Waals surface area contributed by atoms with E-state index in [-0.39, 0.29) is 0 Å². The van der Waals surface area contributed by atoms with Crippen LogP contribution in [-0.4, -0.2) is 10.1 Å². The van der Waals surface area contributed by atoms with Gasteiger partial charge in [0.05, 0.1) is 16.8 Å². The minimum atomic E-state index is -0.505. The molecule has 0 saturated carbocycles. The van der Waals surface area contributed by atoms with E-state index in [1.54, 1.807) is 0 Å². The van der Waals surface area contributed by atoms with Crippen LogP contribution in [0.3, 0.4) is 0 Å². The molecule has 204 valence electrons. The Bertz CT molecular complexity index is 2000. The quantitative estimate of drug-likeness (QED) is 0.164. The van der Waals surface area contributed by atoms with Crippen LogP contribution in [0.1, 0.15) is 33.4 Å². The Balaban J connectivity index is 1.34. The van der Waals surface area contributed by atoms with Crippen LogP contribution < -0.4 is 4.90 Å². The van der Waals surface area contributed by atoms with Crippen LogP contribution >= 0.6 is 11.8 Å². The number of thioether (sulfide) groups is 1. The molecule has 4 heteroatoms. The van der Waals surface area contributed by atoms with Gasteiger partial charge in [-0.3, -0.25) is 10.8 Å². The second-order valence-corrected chi connectivity index (χ2v) is 11.9. The van der Waals surface area contributed by atoms with Crippen molar-refractivity contribution in [2.24, 2.45) is 0 Å². The molecule has 0 atom stereocenters. The first-order valence-corrected chi connectivity index (χ1v) is 15.2. The van der Waals surface area contributed by atoms with Crippen molar-refractivity contribution in [3.05, 3.63) is 185 Å². The van der Waals surface area contributed by atoms with Crippen molar-refractivity contribution in [3.63, 3.8) is 0 Å². The Kier molecular flexibility index (Phi) is 5.92. The van der Waals surface area contributed by atoms with Crippen LogP contribution in [0.5, 0.6) is 0 Å². The lowest BCUT2D eigenvalue weighted by Crippen LogP contribution is -2.36. The summed E-state index contributed by atoms with van der Waals surface area (Å²) in [5.41, 5.74) is 11.9. The van der Waals surface area contributed by atoms with Crippen molar-refractivity contribution < 1.29 is 0 Å². The highest BCUT2D eigenvalue weighted by Gasteiger charge is 2.51. The van der Waals surface area contributed by atoms with Gasteiger partial charge in [-0.05, 0) is 63.7 Å². The normalized spacial score (nSPS) is 13.5. The Morgan fingerprint density at radius 3 is 1.65 bits per heavy atom. The lowest BCUT2D eigenvalue weighted by molar-refractivity contribution is 0.752. The SMILES string of the molecule is N=C(SC(=N)c1ccc2c(c1)-c1ccccc1C21c2ccccc2N(c2ccccc2)c2ccccc21)c1ccccc1. The van der Waals surface area contributed by atoms with E-state index in [0.29, 0.717) is 10.1 Å². The monoisotopic (exact) mass is 569 g/mol. The number of nitrogens with zero attached hydrogens (tertiary/aromatic N) is 1. The first-order chi connectivity index (χ1) is 21.2. The summed E-state index contributed by atoms with van der Waals surface area (Å²) in [5, 5.41) is 18.3. The van der Waals surface area contributed by atoms with Gasteiger partial charge in [0.15, 0.2) is 0 Å². The van der Waals surface area contributed by atoms with Crippen molar-refractivity contribution in [1.29, 1.82) is 10.8 Å². The highest BCUT2D eigenvalue weighted by atomic mass is 32.2. The third-order valence-electron chi connectivity index (χ3n) is 8.66. The van der Waals surface area contributed by atoms with E-state index in [0.717, 1.165) is 22.4 Å². The molecule has 1 aliphatic heterocycles. The summed E-state index contributed by atoms with van der Waals surface area (Å²) in [6, 6.07) is 53.0. The minimum absolute atomic E-state index is 0.370. The lowest BCUT2D eigenvalue weighted by atomic mass is 9.64. The van der Waals surface area contributed by atoms with E-state index >= 15 is 0 Å². The predicted molar refractivity (Wildman–Crippen MR) is 180 cm³/mol. The molecular formula is C39H27N3S. The van der Waals surface area contributed by atoms with Crippen molar-refractivity contribution in [1.82, 2.24) is 0 Å². The third kappa shape index (κ3) is 3.77. The number of nitrogens with one attached hydrogen (secondary N) is 2. The van der Waals surface area contributed by atoms with Crippen molar-refractivity contribution in [2.75, 3.05) is 4.90 Å². The fraction of sp³-hybridized carbons (Fsp3) is 0.0256. The van der Waals surface area contributed by atoms with Gasteiger partial charge in [-0.1, -0.05) is 133 Å². The molecule has 0 saturated heterocycles. The smallest absolute Gasteiger partial charge is 0.101 e. The first-order valence-electron chi connectivity index (χ1n) is 14.4. The molecule has 0 aromatic heterocycles. The fourth-order valence-corrected chi connectivity index (χ4v) is 7.62. The fourth-order valence-electron chi connectivity index (χ4n) is 6.92. The molecule has 1 heterocycles. The summed E-state index contributed by atoms with van der Waals surface area (Å²) in [4.78, 5) is 2.38. The Hall–Kier alpha value is -5.19. The van der Waals surface area contributed by atoms with Crippen molar-refractivity contribution >= 4 is 38.9 Å². The van der Waals surface area contributed by atoms with Crippen LogP contribution in [-0.2, 0) is 5.41 Å². The van der Waals surface area contributed by atoms with Gasteiger partial charge in [-0.2, -0.15) is 0 Å². The molecule has 8 rings (SSSR count). The van der Waals surface area contributed by atoms with Crippen molar-refractivity contribution in [2.45, 2.75) is 5.41 Å². The Morgan fingerprint density at radius 2 is 0.977 bits per heavy atom. The molecule has 0 bridgehead atoms. The highest BCUT2D eigenvalue weighted by Crippen LogP contribution is 2.63. The number of fused-ring (bicyclic) bond motifs is 9. The van der Waals surface area contributed by atoms with Gasteiger partial charge in [0.1, 0.15) is 10.1 Å². The highest BCUT2D eigenvalue weighted by molar-refractivity contribution is 8.27. The number of anilines is 3. The summed E-state index contributed by atoms with van der Waals surface area (Å²) >= 11 is 1.19. The van der Waals surface area contributed by atoms with Crippen LogP contribution in [0.15, 0.2) is 152 Å². The first kappa shape index (κ1) is 25.5. The Morgan fingerprint density at radius 1 is 0.465 bits per heavy atom. The Labute approximate surface area is 255 Å². The molecule has 1 aliphatic carbocycles. The third-order valence-corrected chi connectivity index (χ3v) is 9.54. The van der Waals surface area contributed by atoms with Gasteiger partial charge in [0.25, 0.3) is 0 Å². The van der Waals surface area contributed by atoms with E-state index in [2.05, 4.69) is 126 Å². The van der Waals surface area contributed by atoms with E-state index in [1.165, 1.54) is 51.0 Å². The van der Waals surface area contributed by atoms with Crippen molar-refractivity contribution in [3.8, 4) is 11.1 Å². The molecule has 1 spiro atoms.